The Bertz CT molecular complexity index is 539. The number of carbonyl (C=O) groups excluding carboxylic acids is 2. The molecule has 86 valence electrons. The number of nitrogens with one attached hydrogen (secondary N) is 1. The van der Waals surface area contributed by atoms with E-state index in [1.54, 1.807) is 32.0 Å². The summed E-state index contributed by atoms with van der Waals surface area (Å²) in [6, 6.07) is 7.08. The summed E-state index contributed by atoms with van der Waals surface area (Å²) in [5, 5.41) is 2.31. The smallest absolute Gasteiger partial charge is 0.434 e. The Morgan fingerprint density at radius 2 is 2.12 bits per heavy atom. The lowest BCUT2D eigenvalue weighted by atomic mass is 10.00. The Morgan fingerprint density at radius 3 is 2.76 bits per heavy atom. The van der Waals surface area contributed by atoms with Gasteiger partial charge in [0.2, 0.25) is 5.78 Å². The Morgan fingerprint density at radius 1 is 1.41 bits per heavy atom. The van der Waals surface area contributed by atoms with Crippen LogP contribution in [0.5, 0.6) is 0 Å². The predicted molar refractivity (Wildman–Crippen MR) is 61.2 cm³/mol. The molecule has 0 bridgehead atoms. The van der Waals surface area contributed by atoms with Crippen LogP contribution in [0.1, 0.15) is 24.5 Å². The number of fused-ring (bicyclic) bond motifs is 1. The van der Waals surface area contributed by atoms with Crippen LogP contribution in [0.15, 0.2) is 28.7 Å². The van der Waals surface area contributed by atoms with Gasteiger partial charge in [0.05, 0.1) is 4.79 Å². The zero-order valence-corrected chi connectivity index (χ0v) is 9.48. The molecule has 0 spiro atoms. The van der Waals surface area contributed by atoms with Gasteiger partial charge in [0, 0.05) is 0 Å². The van der Waals surface area contributed by atoms with E-state index in [1.807, 2.05) is 6.07 Å². The van der Waals surface area contributed by atoms with Gasteiger partial charge in [-0.1, -0.05) is 12.1 Å². The maximum Gasteiger partial charge on any atom is 0.665 e. The van der Waals surface area contributed by atoms with E-state index in [2.05, 4.69) is 10.3 Å². The molecule has 17 heavy (non-hydrogen) atoms. The van der Waals surface area contributed by atoms with Gasteiger partial charge in [-0.05, 0) is 26.0 Å². The van der Waals surface area contributed by atoms with E-state index in [9.17, 15) is 9.59 Å². The van der Waals surface area contributed by atoms with Crippen LogP contribution in [-0.2, 0) is 4.79 Å². The Balaban J connectivity index is 2.40. The molecule has 0 radical (unpaired) electrons. The lowest BCUT2D eigenvalue weighted by Crippen LogP contribution is -2.46. The second kappa shape index (κ2) is 3.96. The molecule has 2 rings (SSSR count). The highest BCUT2D eigenvalue weighted by atomic mass is 16.4. The molecule has 1 heterocycles. The molecule has 0 aliphatic rings. The molecule has 0 atom stereocenters. The zero-order chi connectivity index (χ0) is 12.5. The van der Waals surface area contributed by atoms with Crippen LogP contribution in [0, 0.1) is 0 Å². The van der Waals surface area contributed by atoms with Crippen LogP contribution in [0.3, 0.4) is 0 Å². The monoisotopic (exact) mass is 231 g/mol. The van der Waals surface area contributed by atoms with E-state index in [0.717, 1.165) is 0 Å². The third-order valence-electron chi connectivity index (χ3n) is 2.42. The average Bonchev–Trinajstić information content (AvgIpc) is 2.71. The van der Waals surface area contributed by atoms with Gasteiger partial charge < -0.3 is 4.42 Å². The lowest BCUT2D eigenvalue weighted by molar-refractivity contribution is 0.0864. The first-order chi connectivity index (χ1) is 8.04. The van der Waals surface area contributed by atoms with Crippen LogP contribution in [-0.4, -0.2) is 22.7 Å². The van der Waals surface area contributed by atoms with Crippen LogP contribution in [0.2, 0.25) is 0 Å². The molecule has 0 saturated carbocycles. The fourth-order valence-electron chi connectivity index (χ4n) is 1.42. The fourth-order valence-corrected chi connectivity index (χ4v) is 1.42. The van der Waals surface area contributed by atoms with Crippen LogP contribution >= 0.6 is 0 Å². The highest BCUT2D eigenvalue weighted by Crippen LogP contribution is 2.18. The number of amides is 1. The van der Waals surface area contributed by atoms with E-state index in [4.69, 9.17) is 4.42 Å². The highest BCUT2D eigenvalue weighted by molar-refractivity contribution is 6.01. The molecule has 5 nitrogen and oxygen atoms in total. The van der Waals surface area contributed by atoms with Gasteiger partial charge in [-0.2, -0.15) is 0 Å². The molecular formula is C12H11N2O3+. The highest BCUT2D eigenvalue weighted by Gasteiger charge is 2.36. The van der Waals surface area contributed by atoms with Crippen molar-refractivity contribution in [1.82, 2.24) is 10.3 Å². The van der Waals surface area contributed by atoms with E-state index in [1.165, 1.54) is 6.41 Å². The number of hydrogen-bond donors (Lipinski definition) is 1. The maximum absolute atomic E-state index is 12.0. The number of benzene rings is 1. The second-order valence-corrected chi connectivity index (χ2v) is 4.17. The summed E-state index contributed by atoms with van der Waals surface area (Å²) in [6.45, 7) is 3.13. The van der Waals surface area contributed by atoms with Gasteiger partial charge in [-0.15, -0.1) is 5.32 Å². The van der Waals surface area contributed by atoms with Crippen molar-refractivity contribution in [2.75, 3.05) is 0 Å². The molecule has 0 fully saturated rings. The van der Waals surface area contributed by atoms with Gasteiger partial charge in [-0.25, -0.2) is 4.98 Å². The summed E-state index contributed by atoms with van der Waals surface area (Å²) in [6.07, 6.45) is 1.50. The van der Waals surface area contributed by atoms with E-state index >= 15 is 0 Å². The molecule has 1 aromatic heterocycles. The van der Waals surface area contributed by atoms with Crippen LogP contribution < -0.4 is 5.32 Å². The van der Waals surface area contributed by atoms with E-state index in [0.29, 0.717) is 11.1 Å². The van der Waals surface area contributed by atoms with Gasteiger partial charge in [-0.3, -0.25) is 4.79 Å². The number of aromatic nitrogens is 1. The number of Topliss-reactive ketones (excluding diaryl/α,β-unsaturated/α-hetero) is 1. The second-order valence-electron chi connectivity index (χ2n) is 4.17. The summed E-state index contributed by atoms with van der Waals surface area (Å²) in [5.74, 6) is -0.406. The molecule has 2 aromatic rings. The first kappa shape index (κ1) is 11.2. The average molecular weight is 231 g/mol. The summed E-state index contributed by atoms with van der Waals surface area (Å²) in [5.41, 5.74) is 0.0753. The molecule has 1 N–H and O–H groups in total. The van der Waals surface area contributed by atoms with Crippen molar-refractivity contribution in [3.63, 3.8) is 0 Å². The van der Waals surface area contributed by atoms with Crippen LogP contribution in [0.4, 0.5) is 0 Å². The largest absolute Gasteiger partial charge is 0.665 e. The van der Waals surface area contributed by atoms with Crippen LogP contribution in [0.25, 0.3) is 11.1 Å². The SMILES string of the molecule is CC(C)(N[C+]=O)C(=O)c1nc2ccccc2o1. The number of carbonyl (C=O) groups is 1. The van der Waals surface area contributed by atoms with Crippen molar-refractivity contribution < 1.29 is 14.0 Å². The van der Waals surface area contributed by atoms with E-state index in [-0.39, 0.29) is 5.89 Å². The first-order valence-corrected chi connectivity index (χ1v) is 5.09. The summed E-state index contributed by atoms with van der Waals surface area (Å²) in [4.78, 5) is 26.4. The van der Waals surface area contributed by atoms with Crippen molar-refractivity contribution in [2.45, 2.75) is 19.4 Å². The van der Waals surface area contributed by atoms with Gasteiger partial charge >= 0.3 is 6.41 Å². The van der Waals surface area contributed by atoms with Gasteiger partial charge in [0.15, 0.2) is 5.58 Å². The summed E-state index contributed by atoms with van der Waals surface area (Å²) >= 11 is 0. The van der Waals surface area contributed by atoms with Crippen molar-refractivity contribution in [3.8, 4) is 0 Å². The molecule has 0 unspecified atom stereocenters. The Labute approximate surface area is 97.8 Å². The minimum atomic E-state index is -1.08. The number of oxazole rings is 1. The Kier molecular flexibility index (Phi) is 2.61. The molecular weight excluding hydrogens is 220 g/mol. The lowest BCUT2D eigenvalue weighted by Gasteiger charge is -2.12. The summed E-state index contributed by atoms with van der Waals surface area (Å²) < 4.78 is 5.33. The third kappa shape index (κ3) is 2.00. The molecule has 0 aliphatic heterocycles. The number of nitrogens with zero attached hydrogens (tertiary/aromatic N) is 1. The molecule has 1 aromatic carbocycles. The maximum atomic E-state index is 12.0. The standard InChI is InChI=1S/C12H11N2O3/c1-12(2,13-7-15)10(16)11-14-8-5-3-4-6-9(8)17-11/h3-6H,1-2H3,(H,13,15)/q+1. The minimum Gasteiger partial charge on any atom is -0.434 e. The topological polar surface area (TPSA) is 72.2 Å². The summed E-state index contributed by atoms with van der Waals surface area (Å²) in [7, 11) is 0. The van der Waals surface area contributed by atoms with Crippen molar-refractivity contribution >= 4 is 23.3 Å². The Hall–Kier alpha value is -2.26. The minimum absolute atomic E-state index is 0.0149. The molecule has 0 saturated heterocycles. The van der Waals surface area contributed by atoms with Crippen molar-refractivity contribution in [2.24, 2.45) is 0 Å². The third-order valence-corrected chi connectivity index (χ3v) is 2.42. The van der Waals surface area contributed by atoms with E-state index < -0.39 is 11.3 Å². The predicted octanol–water partition coefficient (Wildman–Crippen LogP) is 1.45. The number of hydrogen-bond acceptors (Lipinski definition) is 4. The number of ketones is 1. The first-order valence-electron chi connectivity index (χ1n) is 5.09. The zero-order valence-electron chi connectivity index (χ0n) is 9.48. The number of para-hydroxylation sites is 2. The molecule has 0 aliphatic carbocycles. The molecule has 5 heteroatoms. The molecule has 1 amide bonds. The quantitative estimate of drug-likeness (QED) is 0.491. The van der Waals surface area contributed by atoms with Gasteiger partial charge in [0.25, 0.3) is 5.89 Å². The van der Waals surface area contributed by atoms with Gasteiger partial charge in [0.1, 0.15) is 11.1 Å². The van der Waals surface area contributed by atoms with Crippen molar-refractivity contribution in [1.29, 1.82) is 0 Å². The fraction of sp³-hybridized carbons (Fsp3) is 0.250. The van der Waals surface area contributed by atoms with Crippen molar-refractivity contribution in [3.05, 3.63) is 30.2 Å². The number of rotatable bonds is 4. The normalized spacial score (nSPS) is 11.2.